The minimum atomic E-state index is -3.45. The van der Waals surface area contributed by atoms with E-state index in [0.717, 1.165) is 37.1 Å². The van der Waals surface area contributed by atoms with Crippen LogP contribution in [0.3, 0.4) is 0 Å². The van der Waals surface area contributed by atoms with Gasteiger partial charge in [-0.3, -0.25) is 4.79 Å². The maximum Gasteiger partial charge on any atom is 0.253 e. The molecule has 2 aromatic rings. The average Bonchev–Trinajstić information content (AvgIpc) is 2.67. The summed E-state index contributed by atoms with van der Waals surface area (Å²) in [6.07, 6.45) is 1.85. The highest BCUT2D eigenvalue weighted by Crippen LogP contribution is 2.24. The van der Waals surface area contributed by atoms with Crippen molar-refractivity contribution < 1.29 is 13.2 Å². The highest BCUT2D eigenvalue weighted by Gasteiger charge is 2.17. The Morgan fingerprint density at radius 2 is 1.48 bits per heavy atom. The summed E-state index contributed by atoms with van der Waals surface area (Å²) in [4.78, 5) is 14.9. The molecule has 0 spiro atoms. The van der Waals surface area contributed by atoms with E-state index in [1.165, 1.54) is 18.4 Å². The molecule has 146 valence electrons. The zero-order valence-corrected chi connectivity index (χ0v) is 17.3. The first-order valence-corrected chi connectivity index (χ1v) is 10.7. The van der Waals surface area contributed by atoms with Crippen LogP contribution in [0.25, 0.3) is 11.1 Å². The van der Waals surface area contributed by atoms with E-state index in [1.54, 1.807) is 24.3 Å². The van der Waals surface area contributed by atoms with Gasteiger partial charge < -0.3 is 4.90 Å². The molecule has 0 heterocycles. The number of carbonyl (C=O) groups excluding carboxylic acids is 1. The minimum Gasteiger partial charge on any atom is -0.339 e. The molecule has 27 heavy (non-hydrogen) atoms. The molecule has 0 atom stereocenters. The number of hydrogen-bond acceptors (Lipinski definition) is 3. The first-order chi connectivity index (χ1) is 12.8. The smallest absolute Gasteiger partial charge is 0.253 e. The topological polar surface area (TPSA) is 57.7 Å². The summed E-state index contributed by atoms with van der Waals surface area (Å²) in [7, 11) is -0.428. The molecule has 5 nitrogen and oxygen atoms in total. The van der Waals surface area contributed by atoms with Crippen LogP contribution in [0.4, 0.5) is 0 Å². The lowest BCUT2D eigenvalue weighted by Crippen LogP contribution is -2.32. The van der Waals surface area contributed by atoms with Crippen molar-refractivity contribution in [1.29, 1.82) is 0 Å². The second-order valence-electron chi connectivity index (χ2n) is 6.68. The number of benzene rings is 2. The Morgan fingerprint density at radius 1 is 0.889 bits per heavy atom. The van der Waals surface area contributed by atoms with Gasteiger partial charge in [-0.1, -0.05) is 38.1 Å². The Bertz CT molecular complexity index is 869. The van der Waals surface area contributed by atoms with Gasteiger partial charge in [0.05, 0.1) is 4.90 Å². The van der Waals surface area contributed by atoms with Crippen LogP contribution in [-0.4, -0.2) is 50.7 Å². The molecule has 1 amide bonds. The fourth-order valence-electron chi connectivity index (χ4n) is 2.90. The Labute approximate surface area is 162 Å². The van der Waals surface area contributed by atoms with Gasteiger partial charge in [0.1, 0.15) is 0 Å². The SMILES string of the molecule is CCCN(CCC)C(=O)c1cccc(-c2ccc(S(=O)(=O)N(C)C)cc2)c1. The van der Waals surface area contributed by atoms with Gasteiger partial charge in [-0.2, -0.15) is 0 Å². The zero-order chi connectivity index (χ0) is 20.0. The molecule has 0 N–H and O–H groups in total. The quantitative estimate of drug-likeness (QED) is 0.690. The van der Waals surface area contributed by atoms with Crippen molar-refractivity contribution in [3.63, 3.8) is 0 Å². The Kier molecular flexibility index (Phi) is 7.16. The molecular formula is C21H28N2O3S. The van der Waals surface area contributed by atoms with Crippen molar-refractivity contribution in [3.8, 4) is 11.1 Å². The third-order valence-corrected chi connectivity index (χ3v) is 6.18. The summed E-state index contributed by atoms with van der Waals surface area (Å²) >= 11 is 0. The molecule has 0 aliphatic rings. The monoisotopic (exact) mass is 388 g/mol. The summed E-state index contributed by atoms with van der Waals surface area (Å²) in [6, 6.07) is 14.2. The number of rotatable bonds is 8. The molecular weight excluding hydrogens is 360 g/mol. The number of sulfonamides is 1. The van der Waals surface area contributed by atoms with Crippen molar-refractivity contribution in [3.05, 3.63) is 54.1 Å². The first-order valence-electron chi connectivity index (χ1n) is 9.23. The van der Waals surface area contributed by atoms with E-state index in [2.05, 4.69) is 13.8 Å². The molecule has 0 radical (unpaired) electrons. The minimum absolute atomic E-state index is 0.0346. The summed E-state index contributed by atoms with van der Waals surface area (Å²) in [6.45, 7) is 5.62. The Hall–Kier alpha value is -2.18. The summed E-state index contributed by atoms with van der Waals surface area (Å²) in [5.41, 5.74) is 2.42. The van der Waals surface area contributed by atoms with Crippen molar-refractivity contribution in [2.24, 2.45) is 0 Å². The van der Waals surface area contributed by atoms with E-state index in [-0.39, 0.29) is 10.8 Å². The molecule has 0 unspecified atom stereocenters. The predicted octanol–water partition coefficient (Wildman–Crippen LogP) is 3.87. The van der Waals surface area contributed by atoms with Gasteiger partial charge in [0.2, 0.25) is 10.0 Å². The molecule has 2 aromatic carbocycles. The second kappa shape index (κ2) is 9.15. The largest absolute Gasteiger partial charge is 0.339 e. The lowest BCUT2D eigenvalue weighted by Gasteiger charge is -2.21. The number of carbonyl (C=O) groups is 1. The van der Waals surface area contributed by atoms with Crippen LogP contribution in [0, 0.1) is 0 Å². The van der Waals surface area contributed by atoms with E-state index < -0.39 is 10.0 Å². The van der Waals surface area contributed by atoms with E-state index in [0.29, 0.717) is 5.56 Å². The molecule has 2 rings (SSSR count). The third-order valence-electron chi connectivity index (χ3n) is 4.35. The molecule has 0 bridgehead atoms. The Balaban J connectivity index is 2.31. The number of hydrogen-bond donors (Lipinski definition) is 0. The molecule has 0 aliphatic heterocycles. The lowest BCUT2D eigenvalue weighted by atomic mass is 10.0. The highest BCUT2D eigenvalue weighted by atomic mass is 32.2. The summed E-state index contributed by atoms with van der Waals surface area (Å²) < 4.78 is 25.6. The number of nitrogens with zero attached hydrogens (tertiary/aromatic N) is 2. The molecule has 0 fully saturated rings. The van der Waals surface area contributed by atoms with Crippen LogP contribution >= 0.6 is 0 Å². The molecule has 6 heteroatoms. The van der Waals surface area contributed by atoms with Crippen LogP contribution in [0.5, 0.6) is 0 Å². The molecule has 0 aromatic heterocycles. The second-order valence-corrected chi connectivity index (χ2v) is 8.84. The van der Waals surface area contributed by atoms with Gasteiger partial charge in [0.15, 0.2) is 0 Å². The average molecular weight is 389 g/mol. The van der Waals surface area contributed by atoms with Crippen molar-refractivity contribution in [2.75, 3.05) is 27.2 Å². The van der Waals surface area contributed by atoms with Gasteiger partial charge in [-0.25, -0.2) is 12.7 Å². The number of amides is 1. The van der Waals surface area contributed by atoms with Crippen LogP contribution in [0.15, 0.2) is 53.4 Å². The zero-order valence-electron chi connectivity index (χ0n) is 16.5. The van der Waals surface area contributed by atoms with Gasteiger partial charge >= 0.3 is 0 Å². The van der Waals surface area contributed by atoms with Gasteiger partial charge in [0, 0.05) is 32.7 Å². The first kappa shape index (κ1) is 21.1. The van der Waals surface area contributed by atoms with E-state index in [4.69, 9.17) is 0 Å². The third kappa shape index (κ3) is 4.96. The summed E-state index contributed by atoms with van der Waals surface area (Å²) in [5.74, 6) is 0.0346. The van der Waals surface area contributed by atoms with Crippen molar-refractivity contribution in [2.45, 2.75) is 31.6 Å². The maximum atomic E-state index is 12.8. The van der Waals surface area contributed by atoms with Crippen LogP contribution in [0.2, 0.25) is 0 Å². The Morgan fingerprint density at radius 3 is 2.00 bits per heavy atom. The fourth-order valence-corrected chi connectivity index (χ4v) is 3.80. The highest BCUT2D eigenvalue weighted by molar-refractivity contribution is 7.89. The molecule has 0 aliphatic carbocycles. The fraction of sp³-hybridized carbons (Fsp3) is 0.381. The standard InChI is InChI=1S/C21H28N2O3S/c1-5-14-23(15-6-2)21(24)19-9-7-8-18(16-19)17-10-12-20(13-11-17)27(25,26)22(3)4/h7-13,16H,5-6,14-15H2,1-4H3. The van der Waals surface area contributed by atoms with Crippen LogP contribution in [0.1, 0.15) is 37.0 Å². The molecule has 0 saturated heterocycles. The normalized spacial score (nSPS) is 11.6. The molecule has 0 saturated carbocycles. The van der Waals surface area contributed by atoms with Crippen molar-refractivity contribution >= 4 is 15.9 Å². The lowest BCUT2D eigenvalue weighted by molar-refractivity contribution is 0.0755. The van der Waals surface area contributed by atoms with Gasteiger partial charge in [0.25, 0.3) is 5.91 Å². The van der Waals surface area contributed by atoms with Gasteiger partial charge in [-0.15, -0.1) is 0 Å². The van der Waals surface area contributed by atoms with Crippen molar-refractivity contribution in [1.82, 2.24) is 9.21 Å². The summed E-state index contributed by atoms with van der Waals surface area (Å²) in [5, 5.41) is 0. The maximum absolute atomic E-state index is 12.8. The predicted molar refractivity (Wildman–Crippen MR) is 109 cm³/mol. The van der Waals surface area contributed by atoms with E-state index in [9.17, 15) is 13.2 Å². The van der Waals surface area contributed by atoms with Crippen LogP contribution < -0.4 is 0 Å². The van der Waals surface area contributed by atoms with E-state index in [1.807, 2.05) is 29.2 Å². The van der Waals surface area contributed by atoms with E-state index >= 15 is 0 Å². The van der Waals surface area contributed by atoms with Gasteiger partial charge in [-0.05, 0) is 48.2 Å². The van der Waals surface area contributed by atoms with Crippen LogP contribution in [-0.2, 0) is 10.0 Å².